The van der Waals surface area contributed by atoms with Crippen molar-refractivity contribution in [3.63, 3.8) is 0 Å². The Balaban J connectivity index is 2.35. The Bertz CT molecular complexity index is 741. The maximum absolute atomic E-state index is 12.2. The monoisotopic (exact) mass is 409 g/mol. The zero-order valence-electron chi connectivity index (χ0n) is 10.3. The quantitative estimate of drug-likeness (QED) is 0.792. The van der Waals surface area contributed by atoms with Crippen molar-refractivity contribution in [2.75, 3.05) is 0 Å². The third kappa shape index (κ3) is 3.83. The van der Waals surface area contributed by atoms with E-state index in [0.717, 1.165) is 11.3 Å². The normalized spacial score (nSPS) is 13.0. The lowest BCUT2D eigenvalue weighted by molar-refractivity contribution is -0.139. The maximum Gasteiger partial charge on any atom is 0.326 e. The van der Waals surface area contributed by atoms with E-state index in [0.29, 0.717) is 9.35 Å². The van der Waals surface area contributed by atoms with Crippen LogP contribution < -0.4 is 4.72 Å². The fourth-order valence-corrected chi connectivity index (χ4v) is 5.17. The first-order valence-corrected chi connectivity index (χ1v) is 9.03. The minimum atomic E-state index is -3.98. The Labute approximate surface area is 138 Å². The molecular weight excluding hydrogens is 402 g/mol. The number of carbonyl (C=O) groups is 1. The predicted octanol–water partition coefficient (Wildman–Crippen LogP) is 3.27. The molecule has 0 saturated carbocycles. The number of nitrogens with one attached hydrogen (secondary N) is 1. The summed E-state index contributed by atoms with van der Waals surface area (Å²) in [6.07, 6.45) is 0. The molecule has 5 nitrogen and oxygen atoms in total. The van der Waals surface area contributed by atoms with E-state index in [1.807, 2.05) is 0 Å². The third-order valence-corrected chi connectivity index (χ3v) is 6.91. The van der Waals surface area contributed by atoms with Gasteiger partial charge >= 0.3 is 5.97 Å². The Hall–Kier alpha value is -0.930. The number of benzene rings is 1. The average Bonchev–Trinajstić information content (AvgIpc) is 2.78. The summed E-state index contributed by atoms with van der Waals surface area (Å²) in [4.78, 5) is 11.3. The molecule has 1 aromatic heterocycles. The molecule has 0 aliphatic carbocycles. The largest absolute Gasteiger partial charge is 0.480 e. The van der Waals surface area contributed by atoms with E-state index in [9.17, 15) is 18.3 Å². The molecule has 9 heteroatoms. The van der Waals surface area contributed by atoms with Gasteiger partial charge in [0.25, 0.3) is 10.0 Å². The van der Waals surface area contributed by atoms with E-state index in [4.69, 9.17) is 11.6 Å². The third-order valence-electron chi connectivity index (χ3n) is 2.54. The Morgan fingerprint density at radius 2 is 1.95 bits per heavy atom. The molecule has 0 spiro atoms. The average molecular weight is 411 g/mol. The lowest BCUT2D eigenvalue weighted by Crippen LogP contribution is -2.33. The van der Waals surface area contributed by atoms with Crippen LogP contribution in [0.1, 0.15) is 11.6 Å². The van der Waals surface area contributed by atoms with Gasteiger partial charge in [0.15, 0.2) is 0 Å². The molecule has 0 saturated heterocycles. The number of aliphatic carboxylic acids is 1. The van der Waals surface area contributed by atoms with Gasteiger partial charge in [0.05, 0.1) is 8.81 Å². The molecule has 0 aliphatic rings. The van der Waals surface area contributed by atoms with Gasteiger partial charge in [0.2, 0.25) is 0 Å². The zero-order valence-corrected chi connectivity index (χ0v) is 14.3. The number of hydrogen-bond acceptors (Lipinski definition) is 4. The summed E-state index contributed by atoms with van der Waals surface area (Å²) in [7, 11) is -3.98. The maximum atomic E-state index is 12.2. The fraction of sp³-hybridized carbons (Fsp3) is 0.0833. The molecule has 2 aromatic rings. The molecule has 1 heterocycles. The van der Waals surface area contributed by atoms with Gasteiger partial charge in [-0.05, 0) is 27.6 Å². The molecule has 0 radical (unpaired) electrons. The zero-order chi connectivity index (χ0) is 15.6. The number of carboxylic acids is 1. The van der Waals surface area contributed by atoms with Crippen LogP contribution in [0.5, 0.6) is 0 Å². The van der Waals surface area contributed by atoms with Crippen LogP contribution in [0.2, 0.25) is 5.02 Å². The minimum Gasteiger partial charge on any atom is -0.480 e. The molecule has 112 valence electrons. The number of halogens is 2. The number of carboxylic acid groups (broad SMARTS) is 1. The van der Waals surface area contributed by atoms with E-state index in [1.165, 1.54) is 6.07 Å². The van der Waals surface area contributed by atoms with E-state index >= 15 is 0 Å². The molecule has 1 aromatic carbocycles. The summed E-state index contributed by atoms with van der Waals surface area (Å²) in [6.45, 7) is 0. The fourth-order valence-electron chi connectivity index (χ4n) is 1.58. The van der Waals surface area contributed by atoms with E-state index in [1.54, 1.807) is 30.3 Å². The van der Waals surface area contributed by atoms with Crippen LogP contribution >= 0.6 is 38.9 Å². The summed E-state index contributed by atoms with van der Waals surface area (Å²) in [5.74, 6) is -1.29. The van der Waals surface area contributed by atoms with Crippen molar-refractivity contribution >= 4 is 54.9 Å². The Kier molecular flexibility index (Phi) is 5.05. The van der Waals surface area contributed by atoms with Crippen molar-refractivity contribution in [2.24, 2.45) is 0 Å². The Morgan fingerprint density at radius 3 is 2.43 bits per heavy atom. The van der Waals surface area contributed by atoms with Gasteiger partial charge in [0.1, 0.15) is 10.3 Å². The van der Waals surface area contributed by atoms with Crippen LogP contribution in [0.25, 0.3) is 0 Å². The highest BCUT2D eigenvalue weighted by atomic mass is 79.9. The Morgan fingerprint density at radius 1 is 1.33 bits per heavy atom. The van der Waals surface area contributed by atoms with Crippen LogP contribution in [-0.4, -0.2) is 19.5 Å². The summed E-state index contributed by atoms with van der Waals surface area (Å²) in [5.41, 5.74) is 0.343. The predicted molar refractivity (Wildman–Crippen MR) is 84.2 cm³/mol. The van der Waals surface area contributed by atoms with Crippen molar-refractivity contribution in [1.29, 1.82) is 0 Å². The van der Waals surface area contributed by atoms with Crippen LogP contribution in [0, 0.1) is 0 Å². The van der Waals surface area contributed by atoms with Crippen molar-refractivity contribution in [1.82, 2.24) is 4.72 Å². The lowest BCUT2D eigenvalue weighted by Gasteiger charge is -2.14. The first-order valence-electron chi connectivity index (χ1n) is 5.56. The van der Waals surface area contributed by atoms with Gasteiger partial charge in [-0.2, -0.15) is 4.72 Å². The van der Waals surface area contributed by atoms with Gasteiger partial charge in [-0.3, -0.25) is 4.79 Å². The van der Waals surface area contributed by atoms with E-state index in [2.05, 4.69) is 20.7 Å². The van der Waals surface area contributed by atoms with Gasteiger partial charge in [-0.1, -0.05) is 41.9 Å². The highest BCUT2D eigenvalue weighted by Crippen LogP contribution is 2.35. The first kappa shape index (κ1) is 16.4. The number of hydrogen-bond donors (Lipinski definition) is 2. The highest BCUT2D eigenvalue weighted by molar-refractivity contribution is 9.11. The second-order valence-corrected chi connectivity index (χ2v) is 8.71. The molecule has 2 rings (SSSR count). The number of sulfonamides is 1. The first-order chi connectivity index (χ1) is 9.81. The van der Waals surface area contributed by atoms with E-state index < -0.39 is 22.0 Å². The van der Waals surface area contributed by atoms with Crippen molar-refractivity contribution in [2.45, 2.75) is 10.3 Å². The van der Waals surface area contributed by atoms with Crippen LogP contribution in [-0.2, 0) is 14.8 Å². The highest BCUT2D eigenvalue weighted by Gasteiger charge is 2.28. The van der Waals surface area contributed by atoms with Gasteiger partial charge in [0, 0.05) is 0 Å². The van der Waals surface area contributed by atoms with Crippen molar-refractivity contribution < 1.29 is 18.3 Å². The minimum absolute atomic E-state index is 0.0541. The summed E-state index contributed by atoms with van der Waals surface area (Å²) in [6, 6.07) is 7.97. The molecule has 2 N–H and O–H groups in total. The summed E-state index contributed by atoms with van der Waals surface area (Å²) >= 11 is 9.84. The van der Waals surface area contributed by atoms with Crippen LogP contribution in [0.3, 0.4) is 0 Å². The molecule has 21 heavy (non-hydrogen) atoms. The smallest absolute Gasteiger partial charge is 0.326 e. The van der Waals surface area contributed by atoms with Crippen LogP contribution in [0.4, 0.5) is 0 Å². The number of thiophene rings is 1. The standard InChI is InChI=1S/C12H9BrClNO4S2/c13-11-8(14)6-9(20-11)21(18,19)15-10(12(16)17)7-4-2-1-3-5-7/h1-6,10,15H,(H,16,17)/t10-/m0/s1. The molecule has 0 amide bonds. The van der Waals surface area contributed by atoms with E-state index in [-0.39, 0.29) is 9.23 Å². The van der Waals surface area contributed by atoms with Crippen molar-refractivity contribution in [3.8, 4) is 0 Å². The molecule has 0 fully saturated rings. The molecule has 0 bridgehead atoms. The molecular formula is C12H9BrClNO4S2. The second-order valence-electron chi connectivity index (χ2n) is 3.99. The molecule has 0 aliphatic heterocycles. The second kappa shape index (κ2) is 6.45. The van der Waals surface area contributed by atoms with Gasteiger partial charge in [-0.25, -0.2) is 8.42 Å². The van der Waals surface area contributed by atoms with Gasteiger partial charge < -0.3 is 5.11 Å². The number of rotatable bonds is 5. The SMILES string of the molecule is O=C(O)[C@@H](NS(=O)(=O)c1cc(Cl)c(Br)s1)c1ccccc1. The van der Waals surface area contributed by atoms with Gasteiger partial charge in [-0.15, -0.1) is 11.3 Å². The summed E-state index contributed by atoms with van der Waals surface area (Å²) < 4.78 is 27.1. The summed E-state index contributed by atoms with van der Waals surface area (Å²) in [5, 5.41) is 9.49. The lowest BCUT2D eigenvalue weighted by atomic mass is 10.1. The van der Waals surface area contributed by atoms with Crippen molar-refractivity contribution in [3.05, 3.63) is 50.8 Å². The molecule has 0 unspecified atom stereocenters. The topological polar surface area (TPSA) is 83.5 Å². The molecule has 1 atom stereocenters. The van der Waals surface area contributed by atoms with Crippen LogP contribution in [0.15, 0.2) is 44.4 Å².